The Morgan fingerprint density at radius 2 is 1.87 bits per heavy atom. The monoisotopic (exact) mass is 538 g/mol. The minimum atomic E-state index is -1.03. The smallest absolute Gasteiger partial charge is 0.410 e. The van der Waals surface area contributed by atoms with Gasteiger partial charge in [0.15, 0.2) is 0 Å². The number of aliphatic hydroxyl groups excluding tert-OH is 1. The van der Waals surface area contributed by atoms with Gasteiger partial charge in [0.25, 0.3) is 0 Å². The zero-order chi connectivity index (χ0) is 27.4. The van der Waals surface area contributed by atoms with Gasteiger partial charge in [-0.3, -0.25) is 0 Å². The minimum absolute atomic E-state index is 0.0381. The molecule has 3 aromatic rings. The Kier molecular flexibility index (Phi) is 8.23. The molecule has 2 atom stereocenters. The second-order valence-corrected chi connectivity index (χ2v) is 10.7. The van der Waals surface area contributed by atoms with Crippen LogP contribution in [0.25, 0.3) is 0 Å². The van der Waals surface area contributed by atoms with Crippen LogP contribution >= 0.6 is 11.6 Å². The normalized spacial score (nSPS) is 15.8. The van der Waals surface area contributed by atoms with Gasteiger partial charge >= 0.3 is 12.1 Å². The first-order valence-corrected chi connectivity index (χ1v) is 12.8. The number of hydrogen-bond acceptors (Lipinski definition) is 6. The molecule has 4 rings (SSSR count). The van der Waals surface area contributed by atoms with E-state index in [0.29, 0.717) is 35.1 Å². The maximum atomic E-state index is 13.3. The van der Waals surface area contributed by atoms with Crippen LogP contribution < -0.4 is 4.74 Å². The zero-order valence-corrected chi connectivity index (χ0v) is 22.3. The molecule has 2 aromatic carbocycles. The van der Waals surface area contributed by atoms with E-state index >= 15 is 0 Å². The number of aryl methyl sites for hydroxylation is 1. The number of amides is 1. The van der Waals surface area contributed by atoms with E-state index in [-0.39, 0.29) is 18.2 Å². The van der Waals surface area contributed by atoms with Crippen LogP contribution in [0.3, 0.4) is 0 Å². The third kappa shape index (κ3) is 7.02. The molecule has 8 nitrogen and oxygen atoms in total. The van der Waals surface area contributed by atoms with Crippen molar-refractivity contribution in [3.8, 4) is 11.5 Å². The number of nitrogens with zero attached hydrogens (tertiary/aromatic N) is 2. The summed E-state index contributed by atoms with van der Waals surface area (Å²) in [5.41, 5.74) is 2.17. The van der Waals surface area contributed by atoms with E-state index in [4.69, 9.17) is 21.1 Å². The Labute approximate surface area is 226 Å². The Morgan fingerprint density at radius 3 is 2.55 bits per heavy atom. The molecule has 0 aliphatic heterocycles. The quantitative estimate of drug-likeness (QED) is 0.352. The van der Waals surface area contributed by atoms with Gasteiger partial charge in [-0.2, -0.15) is 0 Å². The number of carbonyl (C=O) groups is 2. The predicted octanol–water partition coefficient (Wildman–Crippen LogP) is 6.05. The molecule has 38 heavy (non-hydrogen) atoms. The lowest BCUT2D eigenvalue weighted by molar-refractivity contribution is 0.00191. The summed E-state index contributed by atoms with van der Waals surface area (Å²) < 4.78 is 11.6. The molecule has 1 aliphatic carbocycles. The molecule has 200 valence electrons. The van der Waals surface area contributed by atoms with Crippen molar-refractivity contribution in [2.45, 2.75) is 57.8 Å². The number of carboxylic acid groups (broad SMARTS) is 1. The number of carboxylic acids is 1. The van der Waals surface area contributed by atoms with E-state index in [0.717, 1.165) is 17.5 Å². The van der Waals surface area contributed by atoms with E-state index in [1.807, 2.05) is 39.0 Å². The molecule has 0 spiro atoms. The Morgan fingerprint density at radius 1 is 1.11 bits per heavy atom. The first-order chi connectivity index (χ1) is 18.0. The highest BCUT2D eigenvalue weighted by Gasteiger charge is 2.33. The fourth-order valence-corrected chi connectivity index (χ4v) is 4.55. The van der Waals surface area contributed by atoms with Crippen molar-refractivity contribution in [3.05, 3.63) is 88.2 Å². The summed E-state index contributed by atoms with van der Waals surface area (Å²) in [4.78, 5) is 30.2. The second-order valence-electron chi connectivity index (χ2n) is 10.3. The lowest BCUT2D eigenvalue weighted by atomic mass is 9.87. The van der Waals surface area contributed by atoms with Crippen molar-refractivity contribution in [1.82, 2.24) is 9.88 Å². The van der Waals surface area contributed by atoms with Gasteiger partial charge in [0, 0.05) is 17.8 Å². The van der Waals surface area contributed by atoms with Crippen LogP contribution in [0.5, 0.6) is 11.5 Å². The van der Waals surface area contributed by atoms with Gasteiger partial charge in [0.1, 0.15) is 22.3 Å². The van der Waals surface area contributed by atoms with Crippen LogP contribution in [0.2, 0.25) is 5.15 Å². The van der Waals surface area contributed by atoms with Crippen LogP contribution in [0, 0.1) is 0 Å². The van der Waals surface area contributed by atoms with Gasteiger partial charge in [-0.25, -0.2) is 14.6 Å². The summed E-state index contributed by atoms with van der Waals surface area (Å²) in [6.45, 7) is 5.46. The van der Waals surface area contributed by atoms with E-state index in [1.165, 1.54) is 18.3 Å². The molecule has 0 bridgehead atoms. The molecule has 0 fully saturated rings. The van der Waals surface area contributed by atoms with Gasteiger partial charge in [-0.1, -0.05) is 29.8 Å². The number of aromatic nitrogens is 1. The number of carbonyl (C=O) groups excluding carboxylic acids is 1. The van der Waals surface area contributed by atoms with E-state index < -0.39 is 23.8 Å². The summed E-state index contributed by atoms with van der Waals surface area (Å²) in [7, 11) is 0. The summed E-state index contributed by atoms with van der Waals surface area (Å²) >= 11 is 5.89. The van der Waals surface area contributed by atoms with Gasteiger partial charge in [-0.15, -0.1) is 0 Å². The molecule has 1 heterocycles. The number of rotatable bonds is 7. The van der Waals surface area contributed by atoms with Crippen LogP contribution in [-0.4, -0.2) is 50.3 Å². The molecule has 0 saturated carbocycles. The van der Waals surface area contributed by atoms with E-state index in [2.05, 4.69) is 4.98 Å². The van der Waals surface area contributed by atoms with Crippen molar-refractivity contribution in [2.24, 2.45) is 0 Å². The maximum absolute atomic E-state index is 13.3. The lowest BCUT2D eigenvalue weighted by Gasteiger charge is -2.37. The number of halogens is 1. The molecule has 0 saturated heterocycles. The number of ether oxygens (including phenoxy) is 2. The van der Waals surface area contributed by atoms with Gasteiger partial charge in [0.05, 0.1) is 18.2 Å². The SMILES string of the molecule is CC(C)(C)OC(=O)N(C[C@@H](O)c1ccc(Cl)nc1)[C@H]1CCc2ccc(Oc3cccc(C(=O)O)c3)cc2C1. The standard InChI is InChI=1S/C29H31ClN2O6/c1-29(2,3)38-28(36)32(17-25(33)20-9-12-26(30)31-16-20)22-10-7-18-8-11-24(15-21(18)13-22)37-23-6-4-5-19(14-23)27(34)35/h4-6,8-9,11-12,14-16,22,25,33H,7,10,13,17H2,1-3H3,(H,34,35)/t22-,25+/m0/s1. The number of pyridine rings is 1. The molecule has 2 N–H and O–H groups in total. The molecule has 9 heteroatoms. The van der Waals surface area contributed by atoms with Crippen molar-refractivity contribution in [1.29, 1.82) is 0 Å². The summed E-state index contributed by atoms with van der Waals surface area (Å²) in [5, 5.41) is 20.5. The highest BCUT2D eigenvalue weighted by atomic mass is 35.5. The summed E-state index contributed by atoms with van der Waals surface area (Å²) in [5.74, 6) is -0.0298. The largest absolute Gasteiger partial charge is 0.478 e. The summed E-state index contributed by atoms with van der Waals surface area (Å²) in [6, 6.07) is 15.2. The highest BCUT2D eigenvalue weighted by Crippen LogP contribution is 2.32. The van der Waals surface area contributed by atoms with E-state index in [1.54, 1.807) is 29.2 Å². The average Bonchev–Trinajstić information content (AvgIpc) is 2.86. The van der Waals surface area contributed by atoms with E-state index in [9.17, 15) is 19.8 Å². The van der Waals surface area contributed by atoms with Crippen molar-refractivity contribution < 1.29 is 29.3 Å². The molecule has 0 unspecified atom stereocenters. The van der Waals surface area contributed by atoms with Crippen LogP contribution in [0.1, 0.15) is 60.3 Å². The second kappa shape index (κ2) is 11.4. The number of hydrogen-bond donors (Lipinski definition) is 2. The third-order valence-corrected chi connectivity index (χ3v) is 6.49. The fourth-order valence-electron chi connectivity index (χ4n) is 4.44. The van der Waals surface area contributed by atoms with Crippen molar-refractivity contribution in [2.75, 3.05) is 6.54 Å². The van der Waals surface area contributed by atoms with Gasteiger partial charge in [0.2, 0.25) is 0 Å². The Balaban J connectivity index is 1.55. The summed E-state index contributed by atoms with van der Waals surface area (Å²) in [6.07, 6.45) is 2.03. The Bertz CT molecular complexity index is 1310. The first kappa shape index (κ1) is 27.4. The number of aromatic carboxylic acids is 1. The van der Waals surface area contributed by atoms with Gasteiger partial charge in [-0.05, 0) is 87.6 Å². The molecule has 1 aromatic heterocycles. The minimum Gasteiger partial charge on any atom is -0.478 e. The topological polar surface area (TPSA) is 109 Å². The maximum Gasteiger partial charge on any atom is 0.410 e. The zero-order valence-electron chi connectivity index (χ0n) is 21.6. The molecular weight excluding hydrogens is 508 g/mol. The average molecular weight is 539 g/mol. The molecule has 0 radical (unpaired) electrons. The van der Waals surface area contributed by atoms with Crippen molar-refractivity contribution in [3.63, 3.8) is 0 Å². The van der Waals surface area contributed by atoms with Crippen LogP contribution in [-0.2, 0) is 17.6 Å². The highest BCUT2D eigenvalue weighted by molar-refractivity contribution is 6.29. The predicted molar refractivity (Wildman–Crippen MR) is 143 cm³/mol. The van der Waals surface area contributed by atoms with Gasteiger partial charge < -0.3 is 24.6 Å². The number of aliphatic hydroxyl groups is 1. The van der Waals surface area contributed by atoms with Crippen LogP contribution in [0.4, 0.5) is 4.79 Å². The lowest BCUT2D eigenvalue weighted by Crippen LogP contribution is -2.47. The number of benzene rings is 2. The molecule has 1 amide bonds. The van der Waals surface area contributed by atoms with Crippen LogP contribution in [0.15, 0.2) is 60.8 Å². The Hall–Kier alpha value is -3.62. The third-order valence-electron chi connectivity index (χ3n) is 6.27. The molecule has 1 aliphatic rings. The molecular formula is C29H31ClN2O6. The first-order valence-electron chi connectivity index (χ1n) is 12.4. The number of fused-ring (bicyclic) bond motifs is 1. The van der Waals surface area contributed by atoms with Crippen molar-refractivity contribution >= 4 is 23.7 Å². The fraction of sp³-hybridized carbons (Fsp3) is 0.345.